The molecule has 1 aromatic heterocycles. The SMILES string of the molecule is CS(=O)(=O)N(CC(=O)N=Nc1c(O)[nH]c2ccccc12)c1ccc(Cl)c(C(F)(F)F)c1. The number of alkyl halides is 3. The van der Waals surface area contributed by atoms with Crippen molar-refractivity contribution in [1.29, 1.82) is 0 Å². The van der Waals surface area contributed by atoms with Crippen molar-refractivity contribution in [3.63, 3.8) is 0 Å². The Morgan fingerprint density at radius 3 is 2.55 bits per heavy atom. The number of carbonyl (C=O) groups excluding carboxylic acids is 1. The number of hydrogen-bond acceptors (Lipinski definition) is 5. The molecule has 164 valence electrons. The minimum absolute atomic E-state index is 0.0410. The molecule has 31 heavy (non-hydrogen) atoms. The Morgan fingerprint density at radius 1 is 1.23 bits per heavy atom. The summed E-state index contributed by atoms with van der Waals surface area (Å²) in [6.07, 6.45) is -4.10. The van der Waals surface area contributed by atoms with Crippen molar-refractivity contribution < 1.29 is 31.5 Å². The van der Waals surface area contributed by atoms with Gasteiger partial charge in [0.15, 0.2) is 5.69 Å². The van der Waals surface area contributed by atoms with Crippen LogP contribution in [-0.4, -0.2) is 37.2 Å². The fraction of sp³-hybridized carbons (Fsp3) is 0.167. The van der Waals surface area contributed by atoms with Crippen molar-refractivity contribution in [2.24, 2.45) is 10.2 Å². The van der Waals surface area contributed by atoms with Crippen molar-refractivity contribution in [2.75, 3.05) is 17.1 Å². The Hall–Kier alpha value is -3.12. The maximum atomic E-state index is 13.1. The number of fused-ring (bicyclic) bond motifs is 1. The van der Waals surface area contributed by atoms with Crippen LogP contribution in [-0.2, 0) is 21.0 Å². The van der Waals surface area contributed by atoms with E-state index in [-0.39, 0.29) is 11.6 Å². The lowest BCUT2D eigenvalue weighted by atomic mass is 10.2. The highest BCUT2D eigenvalue weighted by molar-refractivity contribution is 7.92. The van der Waals surface area contributed by atoms with Crippen molar-refractivity contribution in [1.82, 2.24) is 4.98 Å². The van der Waals surface area contributed by atoms with Crippen LogP contribution >= 0.6 is 11.6 Å². The van der Waals surface area contributed by atoms with Gasteiger partial charge in [-0.15, -0.1) is 10.2 Å². The normalized spacial score (nSPS) is 12.5. The molecular formula is C18H14ClF3N4O4S. The molecule has 0 saturated carbocycles. The van der Waals surface area contributed by atoms with E-state index in [2.05, 4.69) is 15.2 Å². The van der Waals surface area contributed by atoms with E-state index in [1.165, 1.54) is 0 Å². The summed E-state index contributed by atoms with van der Waals surface area (Å²) in [5.41, 5.74) is -1.18. The minimum atomic E-state index is -4.83. The Labute approximate surface area is 179 Å². The molecule has 0 unspecified atom stereocenters. The lowest BCUT2D eigenvalue weighted by molar-refractivity contribution is -0.137. The first-order valence-corrected chi connectivity index (χ1v) is 10.7. The number of rotatable bonds is 5. The molecule has 3 aromatic rings. The van der Waals surface area contributed by atoms with Crippen LogP contribution in [0.1, 0.15) is 5.56 Å². The van der Waals surface area contributed by atoms with Gasteiger partial charge in [-0.2, -0.15) is 13.2 Å². The van der Waals surface area contributed by atoms with Gasteiger partial charge >= 0.3 is 6.18 Å². The molecule has 0 aliphatic carbocycles. The topological polar surface area (TPSA) is 115 Å². The number of azo groups is 1. The number of anilines is 1. The van der Waals surface area contributed by atoms with Crippen molar-refractivity contribution in [3.05, 3.63) is 53.1 Å². The molecule has 1 amide bonds. The maximum absolute atomic E-state index is 13.1. The molecular weight excluding hydrogens is 461 g/mol. The quantitative estimate of drug-likeness (QED) is 0.525. The molecule has 0 spiro atoms. The fourth-order valence-electron chi connectivity index (χ4n) is 2.76. The smallest absolute Gasteiger partial charge is 0.417 e. The molecule has 1 heterocycles. The molecule has 0 radical (unpaired) electrons. The number of nitrogens with one attached hydrogen (secondary N) is 1. The molecule has 0 bridgehead atoms. The Balaban J connectivity index is 1.91. The Morgan fingerprint density at radius 2 is 1.90 bits per heavy atom. The highest BCUT2D eigenvalue weighted by Crippen LogP contribution is 2.38. The molecule has 2 aromatic carbocycles. The lowest BCUT2D eigenvalue weighted by Gasteiger charge is -2.22. The number of para-hydroxylation sites is 1. The first-order valence-electron chi connectivity index (χ1n) is 8.46. The van der Waals surface area contributed by atoms with Gasteiger partial charge in [0.2, 0.25) is 15.9 Å². The van der Waals surface area contributed by atoms with Crippen LogP contribution in [0, 0.1) is 0 Å². The number of aromatic amines is 1. The summed E-state index contributed by atoms with van der Waals surface area (Å²) in [7, 11) is -4.16. The second-order valence-corrected chi connectivity index (χ2v) is 8.71. The molecule has 3 rings (SSSR count). The molecule has 0 atom stereocenters. The monoisotopic (exact) mass is 474 g/mol. The zero-order valence-electron chi connectivity index (χ0n) is 15.7. The van der Waals surface area contributed by atoms with Gasteiger partial charge in [0.05, 0.1) is 28.0 Å². The van der Waals surface area contributed by atoms with Gasteiger partial charge in [-0.1, -0.05) is 29.8 Å². The number of aromatic nitrogens is 1. The highest BCUT2D eigenvalue weighted by atomic mass is 35.5. The van der Waals surface area contributed by atoms with Crippen LogP contribution in [0.4, 0.5) is 24.5 Å². The van der Waals surface area contributed by atoms with Crippen LogP contribution in [0.2, 0.25) is 5.02 Å². The number of amides is 1. The number of sulfonamides is 1. The van der Waals surface area contributed by atoms with E-state index >= 15 is 0 Å². The van der Waals surface area contributed by atoms with E-state index in [9.17, 15) is 31.5 Å². The summed E-state index contributed by atoms with van der Waals surface area (Å²) in [4.78, 5) is 14.9. The number of H-pyrrole nitrogens is 1. The predicted octanol–water partition coefficient (Wildman–Crippen LogP) is 4.62. The lowest BCUT2D eigenvalue weighted by Crippen LogP contribution is -2.34. The van der Waals surface area contributed by atoms with Crippen molar-refractivity contribution in [2.45, 2.75) is 6.18 Å². The van der Waals surface area contributed by atoms with Gasteiger partial charge in [-0.05, 0) is 24.3 Å². The summed E-state index contributed by atoms with van der Waals surface area (Å²) in [5, 5.41) is 16.8. The summed E-state index contributed by atoms with van der Waals surface area (Å²) >= 11 is 5.56. The molecule has 0 aliphatic heterocycles. The van der Waals surface area contributed by atoms with Crippen LogP contribution in [0.15, 0.2) is 52.7 Å². The van der Waals surface area contributed by atoms with Gasteiger partial charge in [-0.3, -0.25) is 9.10 Å². The zero-order valence-corrected chi connectivity index (χ0v) is 17.3. The van der Waals surface area contributed by atoms with E-state index in [1.54, 1.807) is 24.3 Å². The van der Waals surface area contributed by atoms with E-state index in [1.807, 2.05) is 0 Å². The van der Waals surface area contributed by atoms with Gasteiger partial charge in [0.25, 0.3) is 5.91 Å². The fourth-order valence-corrected chi connectivity index (χ4v) is 3.83. The van der Waals surface area contributed by atoms with Crippen LogP contribution < -0.4 is 4.31 Å². The van der Waals surface area contributed by atoms with E-state index < -0.39 is 44.9 Å². The molecule has 0 saturated heterocycles. The van der Waals surface area contributed by atoms with E-state index in [4.69, 9.17) is 11.6 Å². The third-order valence-corrected chi connectivity index (χ3v) is 5.61. The third kappa shape index (κ3) is 4.97. The number of halogens is 4. The minimum Gasteiger partial charge on any atom is -0.493 e. The van der Waals surface area contributed by atoms with E-state index in [0.29, 0.717) is 21.3 Å². The largest absolute Gasteiger partial charge is 0.493 e. The first kappa shape index (κ1) is 22.6. The average Bonchev–Trinajstić information content (AvgIpc) is 2.98. The predicted molar refractivity (Wildman–Crippen MR) is 108 cm³/mol. The van der Waals surface area contributed by atoms with Crippen LogP contribution in [0.25, 0.3) is 10.9 Å². The molecule has 0 aliphatic rings. The maximum Gasteiger partial charge on any atom is 0.417 e. The first-order chi connectivity index (χ1) is 14.4. The number of nitrogens with zero attached hydrogens (tertiary/aromatic N) is 3. The molecule has 13 heteroatoms. The number of carbonyl (C=O) groups is 1. The van der Waals surface area contributed by atoms with E-state index in [0.717, 1.165) is 18.4 Å². The molecule has 8 nitrogen and oxygen atoms in total. The standard InChI is InChI=1S/C18H14ClF3N4O4S/c1-31(29,30)26(10-6-7-13(19)12(8-10)18(20,21)22)9-15(27)24-25-16-11-4-2-3-5-14(11)23-17(16)28/h2-8,23,28H,9H2,1H3. The zero-order chi connectivity index (χ0) is 23.0. The summed E-state index contributed by atoms with van der Waals surface area (Å²) in [6, 6.07) is 9.08. The number of benzene rings is 2. The van der Waals surface area contributed by atoms with Gasteiger partial charge in [0, 0.05) is 5.39 Å². The van der Waals surface area contributed by atoms with Gasteiger partial charge < -0.3 is 10.1 Å². The Bertz CT molecular complexity index is 1290. The average molecular weight is 475 g/mol. The Kier molecular flexibility index (Phi) is 5.96. The molecule has 0 fully saturated rings. The second-order valence-electron chi connectivity index (χ2n) is 6.39. The third-order valence-electron chi connectivity index (χ3n) is 4.14. The van der Waals surface area contributed by atoms with Crippen LogP contribution in [0.3, 0.4) is 0 Å². The number of aromatic hydroxyl groups is 1. The van der Waals surface area contributed by atoms with Crippen molar-refractivity contribution in [3.8, 4) is 5.88 Å². The second kappa shape index (κ2) is 8.19. The summed E-state index contributed by atoms with van der Waals surface area (Å²) in [6.45, 7) is -0.912. The van der Waals surface area contributed by atoms with Gasteiger partial charge in [-0.25, -0.2) is 8.42 Å². The summed E-state index contributed by atoms with van der Waals surface area (Å²) < 4.78 is 64.0. The number of hydrogen-bond donors (Lipinski definition) is 2. The van der Waals surface area contributed by atoms with Crippen LogP contribution in [0.5, 0.6) is 5.88 Å². The molecule has 2 N–H and O–H groups in total. The highest BCUT2D eigenvalue weighted by Gasteiger charge is 2.34. The van der Waals surface area contributed by atoms with Gasteiger partial charge in [0.1, 0.15) is 6.54 Å². The summed E-state index contributed by atoms with van der Waals surface area (Å²) in [5.74, 6) is -1.43. The van der Waals surface area contributed by atoms with Crippen molar-refractivity contribution >= 4 is 49.8 Å².